The van der Waals surface area contributed by atoms with Crippen molar-refractivity contribution in [2.24, 2.45) is 0 Å². The maximum absolute atomic E-state index is 12.4. The summed E-state index contributed by atoms with van der Waals surface area (Å²) in [6, 6.07) is 3.34. The summed E-state index contributed by atoms with van der Waals surface area (Å²) in [6.45, 7) is 6.18. The van der Waals surface area contributed by atoms with Crippen LogP contribution in [0.5, 0.6) is 0 Å². The molecule has 0 atom stereocenters. The SMILES string of the molecule is CN(Cc1ccco1)C(=O)N(CCC(=O)O)C(C)(C)C. The van der Waals surface area contributed by atoms with E-state index in [0.29, 0.717) is 12.3 Å². The van der Waals surface area contributed by atoms with E-state index in [0.717, 1.165) is 0 Å². The number of carbonyl (C=O) groups is 2. The molecule has 0 saturated heterocycles. The lowest BCUT2D eigenvalue weighted by Crippen LogP contribution is -2.51. The molecule has 112 valence electrons. The van der Waals surface area contributed by atoms with E-state index < -0.39 is 11.5 Å². The number of nitrogens with zero attached hydrogens (tertiary/aromatic N) is 2. The molecular weight excluding hydrogens is 260 g/mol. The molecule has 2 amide bonds. The lowest BCUT2D eigenvalue weighted by atomic mass is 10.1. The maximum atomic E-state index is 12.4. The molecule has 1 rings (SSSR count). The van der Waals surface area contributed by atoms with Crippen LogP contribution < -0.4 is 0 Å². The van der Waals surface area contributed by atoms with E-state index in [1.165, 1.54) is 4.90 Å². The zero-order valence-electron chi connectivity index (χ0n) is 12.4. The Balaban J connectivity index is 2.73. The van der Waals surface area contributed by atoms with Gasteiger partial charge in [0.1, 0.15) is 5.76 Å². The van der Waals surface area contributed by atoms with Crippen molar-refractivity contribution < 1.29 is 19.1 Å². The zero-order chi connectivity index (χ0) is 15.3. The normalized spacial score (nSPS) is 11.2. The van der Waals surface area contributed by atoms with Gasteiger partial charge in [0, 0.05) is 19.1 Å². The highest BCUT2D eigenvalue weighted by Crippen LogP contribution is 2.17. The Morgan fingerprint density at radius 2 is 2.00 bits per heavy atom. The smallest absolute Gasteiger partial charge is 0.320 e. The van der Waals surface area contributed by atoms with E-state index in [1.807, 2.05) is 20.8 Å². The van der Waals surface area contributed by atoms with Crippen molar-refractivity contribution in [1.29, 1.82) is 0 Å². The van der Waals surface area contributed by atoms with Crippen LogP contribution in [0.15, 0.2) is 22.8 Å². The fraction of sp³-hybridized carbons (Fsp3) is 0.571. The monoisotopic (exact) mass is 282 g/mol. The number of carbonyl (C=O) groups excluding carboxylic acids is 1. The largest absolute Gasteiger partial charge is 0.481 e. The number of hydrogen-bond acceptors (Lipinski definition) is 3. The van der Waals surface area contributed by atoms with Crippen molar-refractivity contribution in [3.8, 4) is 0 Å². The summed E-state index contributed by atoms with van der Waals surface area (Å²) in [5.41, 5.74) is -0.441. The van der Waals surface area contributed by atoms with Crippen LogP contribution in [0.1, 0.15) is 33.0 Å². The molecule has 0 radical (unpaired) electrons. The molecule has 0 aliphatic rings. The van der Waals surface area contributed by atoms with E-state index in [9.17, 15) is 9.59 Å². The number of carboxylic acids is 1. The van der Waals surface area contributed by atoms with E-state index in [1.54, 1.807) is 30.3 Å². The second kappa shape index (κ2) is 6.45. The van der Waals surface area contributed by atoms with Crippen LogP contribution in [0, 0.1) is 0 Å². The van der Waals surface area contributed by atoms with Gasteiger partial charge < -0.3 is 19.3 Å². The van der Waals surface area contributed by atoms with Gasteiger partial charge in [0.15, 0.2) is 0 Å². The number of furan rings is 1. The summed E-state index contributed by atoms with van der Waals surface area (Å²) in [5, 5.41) is 8.79. The maximum Gasteiger partial charge on any atom is 0.320 e. The quantitative estimate of drug-likeness (QED) is 0.900. The van der Waals surface area contributed by atoms with Gasteiger partial charge in [0.25, 0.3) is 0 Å². The number of hydrogen-bond donors (Lipinski definition) is 1. The van der Waals surface area contributed by atoms with Gasteiger partial charge >= 0.3 is 12.0 Å². The summed E-state index contributed by atoms with van der Waals surface area (Å²) >= 11 is 0. The van der Waals surface area contributed by atoms with E-state index >= 15 is 0 Å². The number of aliphatic carboxylic acids is 1. The van der Waals surface area contributed by atoms with Crippen LogP contribution in [0.2, 0.25) is 0 Å². The molecule has 0 fully saturated rings. The van der Waals surface area contributed by atoms with Crippen molar-refractivity contribution >= 4 is 12.0 Å². The minimum atomic E-state index is -0.916. The fourth-order valence-corrected chi connectivity index (χ4v) is 1.84. The molecule has 1 aromatic rings. The second-order valence-corrected chi connectivity index (χ2v) is 5.68. The van der Waals surface area contributed by atoms with Gasteiger partial charge in [-0.25, -0.2) is 4.79 Å². The average molecular weight is 282 g/mol. The Morgan fingerprint density at radius 3 is 2.45 bits per heavy atom. The van der Waals surface area contributed by atoms with Crippen LogP contribution in [-0.2, 0) is 11.3 Å². The van der Waals surface area contributed by atoms with Crippen LogP contribution in [0.3, 0.4) is 0 Å². The highest BCUT2D eigenvalue weighted by atomic mass is 16.4. The zero-order valence-corrected chi connectivity index (χ0v) is 12.4. The number of urea groups is 1. The summed E-state index contributed by atoms with van der Waals surface area (Å²) in [5.74, 6) is -0.228. The molecule has 1 heterocycles. The second-order valence-electron chi connectivity index (χ2n) is 5.68. The van der Waals surface area contributed by atoms with E-state index in [-0.39, 0.29) is 19.0 Å². The van der Waals surface area contributed by atoms with Gasteiger partial charge in [-0.3, -0.25) is 4.79 Å². The molecule has 0 unspecified atom stereocenters. The molecule has 0 spiro atoms. The first-order valence-electron chi connectivity index (χ1n) is 6.48. The molecule has 0 aliphatic carbocycles. The molecule has 6 heteroatoms. The standard InChI is InChI=1S/C14H22N2O4/c1-14(2,3)16(8-7-12(17)18)13(19)15(4)10-11-6-5-9-20-11/h5-6,9H,7-8,10H2,1-4H3,(H,17,18). The highest BCUT2D eigenvalue weighted by molar-refractivity contribution is 5.76. The van der Waals surface area contributed by atoms with Gasteiger partial charge in [-0.15, -0.1) is 0 Å². The topological polar surface area (TPSA) is 74.0 Å². The fourth-order valence-electron chi connectivity index (χ4n) is 1.84. The Hall–Kier alpha value is -1.98. The molecule has 20 heavy (non-hydrogen) atoms. The van der Waals surface area contributed by atoms with Crippen LogP contribution in [0.25, 0.3) is 0 Å². The number of amides is 2. The molecule has 1 N–H and O–H groups in total. The Bertz CT molecular complexity index is 448. The van der Waals surface area contributed by atoms with Crippen molar-refractivity contribution in [3.05, 3.63) is 24.2 Å². The van der Waals surface area contributed by atoms with Crippen LogP contribution in [0.4, 0.5) is 4.79 Å². The van der Waals surface area contributed by atoms with Gasteiger partial charge in [-0.2, -0.15) is 0 Å². The van der Waals surface area contributed by atoms with Gasteiger partial charge in [0.05, 0.1) is 19.2 Å². The number of rotatable bonds is 5. The molecule has 0 aliphatic heterocycles. The Labute approximate surface area is 119 Å². The van der Waals surface area contributed by atoms with Gasteiger partial charge in [-0.1, -0.05) is 0 Å². The predicted molar refractivity (Wildman–Crippen MR) is 74.3 cm³/mol. The third-order valence-electron chi connectivity index (χ3n) is 2.89. The number of carboxylic acid groups (broad SMARTS) is 1. The molecule has 0 bridgehead atoms. The van der Waals surface area contributed by atoms with E-state index in [2.05, 4.69) is 0 Å². The highest BCUT2D eigenvalue weighted by Gasteiger charge is 2.29. The lowest BCUT2D eigenvalue weighted by Gasteiger charge is -2.37. The first-order valence-corrected chi connectivity index (χ1v) is 6.48. The molecule has 0 aromatic carbocycles. The first-order chi connectivity index (χ1) is 9.21. The van der Waals surface area contributed by atoms with Crippen LogP contribution in [-0.4, -0.2) is 46.0 Å². The first kappa shape index (κ1) is 16.1. The van der Waals surface area contributed by atoms with E-state index in [4.69, 9.17) is 9.52 Å². The average Bonchev–Trinajstić information content (AvgIpc) is 2.79. The lowest BCUT2D eigenvalue weighted by molar-refractivity contribution is -0.137. The Morgan fingerprint density at radius 1 is 1.35 bits per heavy atom. The molecule has 6 nitrogen and oxygen atoms in total. The summed E-state index contributed by atoms with van der Waals surface area (Å²) in [7, 11) is 1.67. The summed E-state index contributed by atoms with van der Waals surface area (Å²) < 4.78 is 5.21. The van der Waals surface area contributed by atoms with Gasteiger partial charge in [-0.05, 0) is 32.9 Å². The minimum Gasteiger partial charge on any atom is -0.481 e. The third kappa shape index (κ3) is 4.60. The third-order valence-corrected chi connectivity index (χ3v) is 2.89. The molecule has 0 saturated carbocycles. The van der Waals surface area contributed by atoms with Crippen molar-refractivity contribution in [3.63, 3.8) is 0 Å². The van der Waals surface area contributed by atoms with Crippen molar-refractivity contribution in [1.82, 2.24) is 9.80 Å². The van der Waals surface area contributed by atoms with Gasteiger partial charge in [0.2, 0.25) is 0 Å². The van der Waals surface area contributed by atoms with Crippen LogP contribution >= 0.6 is 0 Å². The minimum absolute atomic E-state index is 0.0718. The summed E-state index contributed by atoms with van der Waals surface area (Å²) in [6.07, 6.45) is 1.48. The van der Waals surface area contributed by atoms with Crippen molar-refractivity contribution in [2.75, 3.05) is 13.6 Å². The summed E-state index contributed by atoms with van der Waals surface area (Å²) in [4.78, 5) is 26.2. The van der Waals surface area contributed by atoms with Crippen molar-refractivity contribution in [2.45, 2.75) is 39.3 Å². The Kier molecular flexibility index (Phi) is 5.19. The molecule has 1 aromatic heterocycles. The predicted octanol–water partition coefficient (Wildman–Crippen LogP) is 2.41. The molecular formula is C14H22N2O4.